The Balaban J connectivity index is 1.47. The van der Waals surface area contributed by atoms with Crippen LogP contribution in [0.2, 0.25) is 0 Å². The van der Waals surface area contributed by atoms with Crippen molar-refractivity contribution < 1.29 is 4.74 Å². The molecule has 0 amide bonds. The molecule has 19 heavy (non-hydrogen) atoms. The molecule has 2 atom stereocenters. The Bertz CT molecular complexity index is 387. The molecule has 1 aromatic heterocycles. The van der Waals surface area contributed by atoms with Crippen LogP contribution in [0.25, 0.3) is 0 Å². The normalized spacial score (nSPS) is 27.7. The zero-order valence-electron chi connectivity index (χ0n) is 11.7. The molecule has 1 aromatic rings. The van der Waals surface area contributed by atoms with Crippen LogP contribution < -0.4 is 5.32 Å². The van der Waals surface area contributed by atoms with Crippen LogP contribution in [0.5, 0.6) is 0 Å². The third-order valence-corrected chi connectivity index (χ3v) is 5.54. The second-order valence-electron chi connectivity index (χ2n) is 6.02. The van der Waals surface area contributed by atoms with E-state index in [1.807, 2.05) is 11.6 Å². The van der Waals surface area contributed by atoms with Gasteiger partial charge in [0.15, 0.2) is 0 Å². The van der Waals surface area contributed by atoms with Gasteiger partial charge in [-0.05, 0) is 32.6 Å². The summed E-state index contributed by atoms with van der Waals surface area (Å²) in [7, 11) is 0. The summed E-state index contributed by atoms with van der Waals surface area (Å²) in [5.74, 6) is 0. The van der Waals surface area contributed by atoms with Crippen LogP contribution in [0.15, 0.2) is 11.6 Å². The molecule has 1 saturated carbocycles. The van der Waals surface area contributed by atoms with Gasteiger partial charge in [0.25, 0.3) is 0 Å². The molecule has 4 heteroatoms. The smallest absolute Gasteiger partial charge is 0.109 e. The highest BCUT2D eigenvalue weighted by molar-refractivity contribution is 7.09. The maximum atomic E-state index is 6.38. The van der Waals surface area contributed by atoms with Crippen LogP contribution in [0.4, 0.5) is 0 Å². The van der Waals surface area contributed by atoms with Crippen LogP contribution in [0, 0.1) is 0 Å². The second kappa shape index (κ2) is 5.90. The second-order valence-corrected chi connectivity index (χ2v) is 6.95. The van der Waals surface area contributed by atoms with Crippen molar-refractivity contribution in [1.82, 2.24) is 10.3 Å². The first-order chi connectivity index (χ1) is 9.27. The monoisotopic (exact) mass is 280 g/mol. The van der Waals surface area contributed by atoms with Crippen molar-refractivity contribution in [2.45, 2.75) is 69.6 Å². The Hall–Kier alpha value is -0.450. The summed E-state index contributed by atoms with van der Waals surface area (Å²) in [5.41, 5.74) is 0.245. The number of nitrogens with zero attached hydrogens (tertiary/aromatic N) is 1. The van der Waals surface area contributed by atoms with Crippen molar-refractivity contribution in [3.8, 4) is 0 Å². The third-order valence-electron chi connectivity index (χ3n) is 4.58. The molecule has 3 nitrogen and oxygen atoms in total. The highest BCUT2D eigenvalue weighted by atomic mass is 32.1. The fourth-order valence-corrected chi connectivity index (χ4v) is 4.12. The van der Waals surface area contributed by atoms with Gasteiger partial charge < -0.3 is 10.1 Å². The van der Waals surface area contributed by atoms with Gasteiger partial charge in [-0.1, -0.05) is 19.3 Å². The Labute approximate surface area is 119 Å². The van der Waals surface area contributed by atoms with Crippen molar-refractivity contribution in [1.29, 1.82) is 0 Å². The fourth-order valence-electron chi connectivity index (χ4n) is 3.45. The Kier molecular flexibility index (Phi) is 4.20. The maximum absolute atomic E-state index is 6.38. The third kappa shape index (κ3) is 3.18. The molecule has 2 aliphatic rings. The largest absolute Gasteiger partial charge is 0.370 e. The molecule has 1 aliphatic carbocycles. The average molecular weight is 280 g/mol. The van der Waals surface area contributed by atoms with E-state index in [4.69, 9.17) is 4.74 Å². The number of rotatable bonds is 4. The molecule has 1 N–H and O–H groups in total. The minimum absolute atomic E-state index is 0.245. The van der Waals surface area contributed by atoms with Gasteiger partial charge in [0, 0.05) is 18.1 Å². The molecule has 0 aromatic carbocycles. The van der Waals surface area contributed by atoms with E-state index in [2.05, 4.69) is 17.2 Å². The number of ether oxygens (including phenoxy) is 1. The summed E-state index contributed by atoms with van der Waals surface area (Å²) >= 11 is 1.72. The molecule has 0 bridgehead atoms. The van der Waals surface area contributed by atoms with Gasteiger partial charge in [0.05, 0.1) is 17.7 Å². The predicted octanol–water partition coefficient (Wildman–Crippen LogP) is 3.68. The highest BCUT2D eigenvalue weighted by Gasteiger charge is 2.40. The van der Waals surface area contributed by atoms with Crippen LogP contribution in [0.3, 0.4) is 0 Å². The molecule has 2 fully saturated rings. The Morgan fingerprint density at radius 2 is 2.26 bits per heavy atom. The van der Waals surface area contributed by atoms with E-state index < -0.39 is 0 Å². The molecular formula is C15H24N2OS. The van der Waals surface area contributed by atoms with Crippen molar-refractivity contribution in [2.75, 3.05) is 6.54 Å². The van der Waals surface area contributed by atoms with E-state index in [-0.39, 0.29) is 5.60 Å². The number of aromatic nitrogens is 1. The van der Waals surface area contributed by atoms with Gasteiger partial charge in [-0.15, -0.1) is 11.3 Å². The number of hydrogen-bond acceptors (Lipinski definition) is 4. The average Bonchev–Trinajstić information content (AvgIpc) is 3.08. The summed E-state index contributed by atoms with van der Waals surface area (Å²) in [6.07, 6.45) is 11.4. The first-order valence-electron chi connectivity index (χ1n) is 7.58. The van der Waals surface area contributed by atoms with E-state index in [0.29, 0.717) is 12.1 Å². The molecule has 1 saturated heterocycles. The van der Waals surface area contributed by atoms with E-state index >= 15 is 0 Å². The first kappa shape index (κ1) is 13.5. The topological polar surface area (TPSA) is 34.1 Å². The lowest BCUT2D eigenvalue weighted by Crippen LogP contribution is -2.35. The summed E-state index contributed by atoms with van der Waals surface area (Å²) in [4.78, 5) is 4.36. The molecule has 2 unspecified atom stereocenters. The van der Waals surface area contributed by atoms with Crippen molar-refractivity contribution in [2.24, 2.45) is 0 Å². The summed E-state index contributed by atoms with van der Waals surface area (Å²) in [5, 5.41) is 6.78. The Morgan fingerprint density at radius 3 is 3.00 bits per heavy atom. The van der Waals surface area contributed by atoms with Crippen LogP contribution >= 0.6 is 11.3 Å². The minimum atomic E-state index is 0.245. The maximum Gasteiger partial charge on any atom is 0.109 e. The van der Waals surface area contributed by atoms with E-state index in [9.17, 15) is 0 Å². The minimum Gasteiger partial charge on any atom is -0.370 e. The highest BCUT2D eigenvalue weighted by Crippen LogP contribution is 2.41. The van der Waals surface area contributed by atoms with E-state index in [1.54, 1.807) is 11.3 Å². The van der Waals surface area contributed by atoms with Crippen molar-refractivity contribution >= 4 is 11.3 Å². The van der Waals surface area contributed by atoms with Crippen molar-refractivity contribution in [3.05, 3.63) is 16.6 Å². The fraction of sp³-hybridized carbons (Fsp3) is 0.800. The molecule has 106 valence electrons. The number of hydrogen-bond donors (Lipinski definition) is 1. The van der Waals surface area contributed by atoms with Crippen LogP contribution in [-0.4, -0.2) is 23.2 Å². The first-order valence-corrected chi connectivity index (χ1v) is 8.46. The molecule has 3 rings (SSSR count). The quantitative estimate of drug-likeness (QED) is 0.913. The lowest BCUT2D eigenvalue weighted by Gasteiger charge is -2.33. The van der Waals surface area contributed by atoms with Gasteiger partial charge in [-0.2, -0.15) is 0 Å². The van der Waals surface area contributed by atoms with Gasteiger partial charge >= 0.3 is 0 Å². The standard InChI is InChI=1S/C15H24N2OS/c1-12(14-16-9-10-19-14)17-11-13-5-8-15(18-13)6-3-2-4-7-15/h9-10,12-13,17H,2-8,11H2,1H3. The molecule has 1 aliphatic heterocycles. The lowest BCUT2D eigenvalue weighted by atomic mass is 9.83. The van der Waals surface area contributed by atoms with E-state index in [0.717, 1.165) is 6.54 Å². The van der Waals surface area contributed by atoms with E-state index in [1.165, 1.54) is 50.0 Å². The van der Waals surface area contributed by atoms with Crippen LogP contribution in [-0.2, 0) is 4.74 Å². The number of thiazole rings is 1. The number of nitrogens with one attached hydrogen (secondary N) is 1. The van der Waals surface area contributed by atoms with Crippen molar-refractivity contribution in [3.63, 3.8) is 0 Å². The van der Waals surface area contributed by atoms with Gasteiger partial charge in [0.2, 0.25) is 0 Å². The molecule has 2 heterocycles. The molecule has 0 radical (unpaired) electrons. The summed E-state index contributed by atoms with van der Waals surface area (Å²) in [6.45, 7) is 3.15. The lowest BCUT2D eigenvalue weighted by molar-refractivity contribution is -0.0628. The van der Waals surface area contributed by atoms with Crippen LogP contribution in [0.1, 0.15) is 62.9 Å². The summed E-state index contributed by atoms with van der Waals surface area (Å²) < 4.78 is 6.38. The SMILES string of the molecule is CC(NCC1CCC2(CCCCC2)O1)c1nccs1. The molecule has 1 spiro atoms. The predicted molar refractivity (Wildman–Crippen MR) is 78.5 cm³/mol. The van der Waals surface area contributed by atoms with Gasteiger partial charge in [0.1, 0.15) is 5.01 Å². The molecular weight excluding hydrogens is 256 g/mol. The summed E-state index contributed by atoms with van der Waals surface area (Å²) in [6, 6.07) is 0.339. The zero-order chi connectivity index (χ0) is 13.1. The zero-order valence-corrected chi connectivity index (χ0v) is 12.5. The van der Waals surface area contributed by atoms with Gasteiger partial charge in [-0.3, -0.25) is 0 Å². The Morgan fingerprint density at radius 1 is 1.42 bits per heavy atom. The van der Waals surface area contributed by atoms with Gasteiger partial charge in [-0.25, -0.2) is 4.98 Å².